The van der Waals surface area contributed by atoms with Crippen molar-refractivity contribution in [1.82, 2.24) is 20.2 Å². The quantitative estimate of drug-likeness (QED) is 0.184. The molecule has 2 aromatic carbocycles. The van der Waals surface area contributed by atoms with Crippen LogP contribution in [0.2, 0.25) is 0 Å². The second-order valence-corrected chi connectivity index (χ2v) is 7.27. The molecule has 0 spiro atoms. The monoisotopic (exact) mass is 484 g/mol. The topological polar surface area (TPSA) is 124 Å². The Morgan fingerprint density at radius 3 is 2.52 bits per heavy atom. The van der Waals surface area contributed by atoms with Gasteiger partial charge in [0.25, 0.3) is 0 Å². The molecule has 14 heteroatoms. The van der Waals surface area contributed by atoms with Crippen LogP contribution in [0, 0.1) is 23.3 Å². The summed E-state index contributed by atoms with van der Waals surface area (Å²) in [4.78, 5) is 23.8. The van der Waals surface area contributed by atoms with Gasteiger partial charge in [0.2, 0.25) is 17.0 Å². The summed E-state index contributed by atoms with van der Waals surface area (Å²) in [6.45, 7) is -0.716. The first-order valence-corrected chi connectivity index (χ1v) is 10.1. The minimum Gasteiger partial charge on any atom is -0.482 e. The van der Waals surface area contributed by atoms with Crippen molar-refractivity contribution in [1.29, 1.82) is 0 Å². The maximum atomic E-state index is 13.6. The third-order valence-electron chi connectivity index (χ3n) is 4.02. The second-order valence-electron chi connectivity index (χ2n) is 6.32. The number of nitrogen functional groups attached to an aromatic ring is 1. The molecule has 0 saturated carbocycles. The molecule has 174 valence electrons. The number of anilines is 1. The minimum absolute atomic E-state index is 0.00983. The van der Waals surface area contributed by atoms with E-state index in [2.05, 4.69) is 15.5 Å². The number of carbonyl (C=O) groups is 2. The lowest BCUT2D eigenvalue weighted by atomic mass is 10.2. The molecule has 0 aliphatic rings. The zero-order chi connectivity index (χ0) is 24.0. The molecule has 3 rings (SSSR count). The Balaban J connectivity index is 1.45. The van der Waals surface area contributed by atoms with Crippen molar-refractivity contribution in [3.05, 3.63) is 65.5 Å². The van der Waals surface area contributed by atoms with E-state index in [1.807, 2.05) is 5.32 Å². The first-order chi connectivity index (χ1) is 15.8. The van der Waals surface area contributed by atoms with Crippen LogP contribution in [-0.2, 0) is 16.2 Å². The van der Waals surface area contributed by atoms with Crippen LogP contribution in [0.3, 0.4) is 0 Å². The van der Waals surface area contributed by atoms with Crippen molar-refractivity contribution in [3.63, 3.8) is 0 Å². The molecule has 0 aliphatic heterocycles. The van der Waals surface area contributed by atoms with Gasteiger partial charge in [-0.05, 0) is 24.3 Å². The van der Waals surface area contributed by atoms with Crippen LogP contribution in [0.5, 0.6) is 5.75 Å². The van der Waals surface area contributed by atoms with Crippen LogP contribution in [0.25, 0.3) is 0 Å². The van der Waals surface area contributed by atoms with Gasteiger partial charge >= 0.3 is 0 Å². The number of amides is 2. The summed E-state index contributed by atoms with van der Waals surface area (Å²) in [5, 5.41) is 12.1. The zero-order valence-electron chi connectivity index (χ0n) is 16.6. The Labute approximate surface area is 188 Å². The van der Waals surface area contributed by atoms with Gasteiger partial charge in [0.05, 0.1) is 18.0 Å². The molecule has 0 atom stereocenters. The number of nitrogens with one attached hydrogen (secondary N) is 2. The van der Waals surface area contributed by atoms with Crippen LogP contribution >= 0.6 is 11.8 Å². The normalized spacial score (nSPS) is 10.7. The zero-order valence-corrected chi connectivity index (χ0v) is 17.5. The van der Waals surface area contributed by atoms with Crippen molar-refractivity contribution in [3.8, 4) is 5.75 Å². The molecule has 0 aliphatic carbocycles. The summed E-state index contributed by atoms with van der Waals surface area (Å²) in [5.41, 5.74) is -0.566. The highest BCUT2D eigenvalue weighted by Crippen LogP contribution is 2.20. The number of halogens is 4. The van der Waals surface area contributed by atoms with Crippen LogP contribution in [0.4, 0.5) is 23.2 Å². The van der Waals surface area contributed by atoms with Crippen molar-refractivity contribution in [2.45, 2.75) is 11.8 Å². The fourth-order valence-corrected chi connectivity index (χ4v) is 3.09. The highest BCUT2D eigenvalue weighted by molar-refractivity contribution is 7.99. The fraction of sp³-hybridized carbons (Fsp3) is 0.158. The smallest absolute Gasteiger partial charge is 0.243 e. The predicted octanol–water partition coefficient (Wildman–Crippen LogP) is 1.97. The molecule has 0 radical (unpaired) electrons. The number of rotatable bonds is 9. The van der Waals surface area contributed by atoms with Crippen molar-refractivity contribution in [2.24, 2.45) is 0 Å². The highest BCUT2D eigenvalue weighted by atomic mass is 32.2. The van der Waals surface area contributed by atoms with Gasteiger partial charge in [-0.3, -0.25) is 9.59 Å². The number of benzene rings is 2. The van der Waals surface area contributed by atoms with Gasteiger partial charge in [-0.15, -0.1) is 10.2 Å². The Morgan fingerprint density at radius 2 is 1.76 bits per heavy atom. The van der Waals surface area contributed by atoms with E-state index in [1.165, 1.54) is 18.2 Å². The summed E-state index contributed by atoms with van der Waals surface area (Å²) in [7, 11) is 0. The van der Waals surface area contributed by atoms with Gasteiger partial charge in [-0.25, -0.2) is 22.2 Å². The van der Waals surface area contributed by atoms with Gasteiger partial charge in [-0.1, -0.05) is 23.9 Å². The molecule has 1 heterocycles. The van der Waals surface area contributed by atoms with Gasteiger partial charge in [0.1, 0.15) is 6.61 Å². The summed E-state index contributed by atoms with van der Waals surface area (Å²) in [6.07, 6.45) is 0. The summed E-state index contributed by atoms with van der Waals surface area (Å²) < 4.78 is 59.6. The molecule has 0 saturated heterocycles. The number of nitrogens with two attached hydrogens (primary N) is 1. The van der Waals surface area contributed by atoms with Crippen molar-refractivity contribution < 1.29 is 31.9 Å². The van der Waals surface area contributed by atoms with E-state index in [9.17, 15) is 27.2 Å². The molecule has 0 unspecified atom stereocenters. The van der Waals surface area contributed by atoms with E-state index in [1.54, 1.807) is 6.07 Å². The third kappa shape index (κ3) is 6.12. The van der Waals surface area contributed by atoms with E-state index in [0.717, 1.165) is 22.5 Å². The van der Waals surface area contributed by atoms with Crippen molar-refractivity contribution in [2.75, 3.05) is 23.5 Å². The number of thioether (sulfide) groups is 1. The lowest BCUT2D eigenvalue weighted by Gasteiger charge is -2.09. The predicted molar refractivity (Wildman–Crippen MR) is 110 cm³/mol. The van der Waals surface area contributed by atoms with Crippen LogP contribution in [0.15, 0.2) is 41.6 Å². The lowest BCUT2D eigenvalue weighted by Crippen LogP contribution is -2.34. The minimum atomic E-state index is -1.72. The van der Waals surface area contributed by atoms with Crippen LogP contribution in [-0.4, -0.2) is 39.0 Å². The standard InChI is InChI=1S/C19H16F4N6O3S/c20-10-3-1-2-4-13(10)32-8-14-27-28-19(29(14)24)33-9-16(31)25-7-15(30)26-12-6-5-11(21)17(22)18(12)23/h1-6H,7-9,24H2,(H,25,31)(H,26,30). The molecule has 0 fully saturated rings. The average Bonchev–Trinajstić information content (AvgIpc) is 3.15. The second kappa shape index (κ2) is 10.7. The van der Waals surface area contributed by atoms with Gasteiger partial charge in [-0.2, -0.15) is 0 Å². The number of hydrogen-bond donors (Lipinski definition) is 3. The molecule has 33 heavy (non-hydrogen) atoms. The Kier molecular flexibility index (Phi) is 7.71. The SMILES string of the molecule is Nn1c(COc2ccccc2F)nnc1SCC(=O)NCC(=O)Nc1ccc(F)c(F)c1F. The molecular formula is C19H16F4N6O3S. The third-order valence-corrected chi connectivity index (χ3v) is 4.96. The number of carbonyl (C=O) groups excluding carboxylic acids is 2. The maximum absolute atomic E-state index is 13.6. The molecule has 0 bridgehead atoms. The fourth-order valence-electron chi connectivity index (χ4n) is 2.38. The summed E-state index contributed by atoms with van der Waals surface area (Å²) in [6, 6.07) is 7.28. The Bertz CT molecular complexity index is 1180. The summed E-state index contributed by atoms with van der Waals surface area (Å²) >= 11 is 0.902. The number of nitrogens with zero attached hydrogens (tertiary/aromatic N) is 3. The van der Waals surface area contributed by atoms with Gasteiger partial charge in [0.15, 0.2) is 34.8 Å². The van der Waals surface area contributed by atoms with Crippen molar-refractivity contribution >= 4 is 29.3 Å². The van der Waals surface area contributed by atoms with Crippen LogP contribution in [0.1, 0.15) is 5.82 Å². The van der Waals surface area contributed by atoms with Crippen LogP contribution < -0.4 is 21.2 Å². The average molecular weight is 484 g/mol. The maximum Gasteiger partial charge on any atom is 0.243 e. The van der Waals surface area contributed by atoms with E-state index in [-0.39, 0.29) is 29.1 Å². The van der Waals surface area contributed by atoms with E-state index in [0.29, 0.717) is 6.07 Å². The number of para-hydroxylation sites is 1. The molecule has 2 amide bonds. The molecular weight excluding hydrogens is 468 g/mol. The number of hydrogen-bond acceptors (Lipinski definition) is 7. The molecule has 3 aromatic rings. The molecule has 9 nitrogen and oxygen atoms in total. The Morgan fingerprint density at radius 1 is 1.00 bits per heavy atom. The van der Waals surface area contributed by atoms with E-state index >= 15 is 0 Å². The molecule has 1 aromatic heterocycles. The van der Waals surface area contributed by atoms with E-state index < -0.39 is 47.3 Å². The first-order valence-electron chi connectivity index (χ1n) is 9.15. The van der Waals surface area contributed by atoms with Gasteiger partial charge in [0, 0.05) is 0 Å². The Hall–Kier alpha value is -3.81. The molecule has 4 N–H and O–H groups in total. The number of ether oxygens (including phenoxy) is 1. The largest absolute Gasteiger partial charge is 0.482 e. The van der Waals surface area contributed by atoms with E-state index in [4.69, 9.17) is 10.6 Å². The first kappa shape index (κ1) is 23.8. The lowest BCUT2D eigenvalue weighted by molar-refractivity contribution is -0.122. The summed E-state index contributed by atoms with van der Waals surface area (Å²) in [5.74, 6) is -0.839. The number of aromatic nitrogens is 3. The highest BCUT2D eigenvalue weighted by Gasteiger charge is 2.17. The van der Waals surface area contributed by atoms with Gasteiger partial charge < -0.3 is 21.2 Å².